The minimum atomic E-state index is -4.26. The molecule has 0 unspecified atom stereocenters. The van der Waals surface area contributed by atoms with Gasteiger partial charge < -0.3 is 0 Å². The quantitative estimate of drug-likeness (QED) is 0.476. The molecule has 0 aliphatic heterocycles. The summed E-state index contributed by atoms with van der Waals surface area (Å²) in [5.41, 5.74) is -1.32. The minimum absolute atomic E-state index is 0.338. The van der Waals surface area contributed by atoms with Crippen molar-refractivity contribution in [2.24, 2.45) is 0 Å². The molecule has 0 aliphatic rings. The van der Waals surface area contributed by atoms with E-state index in [2.05, 4.69) is 0 Å². The van der Waals surface area contributed by atoms with E-state index in [4.69, 9.17) is 22.3 Å². The lowest BCUT2D eigenvalue weighted by Gasteiger charge is -2.05. The fourth-order valence-electron chi connectivity index (χ4n) is 1.03. The molecule has 0 saturated heterocycles. The van der Waals surface area contributed by atoms with Crippen molar-refractivity contribution in [3.05, 3.63) is 32.6 Å². The maximum atomic E-state index is 13.3. The summed E-state index contributed by atoms with van der Waals surface area (Å²) >= 11 is 5.53. The number of hydrogen-bond donors (Lipinski definition) is 0. The first-order chi connectivity index (χ1) is 7.16. The van der Waals surface area contributed by atoms with Gasteiger partial charge in [-0.05, 0) is 6.92 Å². The van der Waals surface area contributed by atoms with E-state index in [1.165, 1.54) is 0 Å². The van der Waals surface area contributed by atoms with E-state index in [0.29, 0.717) is 6.07 Å². The van der Waals surface area contributed by atoms with E-state index in [0.717, 1.165) is 6.92 Å². The highest BCUT2D eigenvalue weighted by Crippen LogP contribution is 2.34. The van der Waals surface area contributed by atoms with Crippen LogP contribution in [0, 0.1) is 22.9 Å². The molecule has 0 atom stereocenters. The largest absolute Gasteiger partial charge is 0.306 e. The molecule has 1 aromatic carbocycles. The van der Waals surface area contributed by atoms with Gasteiger partial charge in [0.1, 0.15) is 4.90 Å². The first-order valence-electron chi connectivity index (χ1n) is 3.74. The van der Waals surface area contributed by atoms with Crippen LogP contribution in [0.1, 0.15) is 5.56 Å². The molecule has 0 saturated carbocycles. The summed E-state index contributed by atoms with van der Waals surface area (Å²) in [4.78, 5) is 8.72. The van der Waals surface area contributed by atoms with Crippen molar-refractivity contribution in [3.63, 3.8) is 0 Å². The molecular formula is C7H4Cl2FNO4S. The summed E-state index contributed by atoms with van der Waals surface area (Å²) in [5.74, 6) is -1.18. The Morgan fingerprint density at radius 1 is 1.50 bits per heavy atom. The van der Waals surface area contributed by atoms with E-state index in [1.807, 2.05) is 0 Å². The fourth-order valence-corrected chi connectivity index (χ4v) is 2.58. The summed E-state index contributed by atoms with van der Waals surface area (Å²) < 4.78 is 35.4. The second-order valence-corrected chi connectivity index (χ2v) is 5.75. The number of nitro benzene ring substituents is 1. The molecule has 0 heterocycles. The summed E-state index contributed by atoms with van der Waals surface area (Å²) in [5, 5.41) is 9.99. The van der Waals surface area contributed by atoms with Crippen LogP contribution in [0.3, 0.4) is 0 Å². The van der Waals surface area contributed by atoms with Gasteiger partial charge in [-0.1, -0.05) is 11.6 Å². The molecule has 0 N–H and O–H groups in total. The Morgan fingerprint density at radius 2 is 2.00 bits per heavy atom. The highest BCUT2D eigenvalue weighted by atomic mass is 35.7. The van der Waals surface area contributed by atoms with Gasteiger partial charge in [-0.3, -0.25) is 10.1 Å². The SMILES string of the molecule is Cc1c(F)c([N+](=O)[O-])cc(S(=O)(=O)Cl)c1Cl. The maximum absolute atomic E-state index is 13.3. The van der Waals surface area contributed by atoms with Crippen LogP contribution in [0.4, 0.5) is 10.1 Å². The average molecular weight is 288 g/mol. The average Bonchev–Trinajstić information content (AvgIpc) is 2.11. The lowest BCUT2D eigenvalue weighted by molar-refractivity contribution is -0.387. The van der Waals surface area contributed by atoms with Gasteiger partial charge in [-0.2, -0.15) is 4.39 Å². The standard InChI is InChI=1S/C7H4Cl2FNO4S/c1-3-6(8)5(16(9,14)15)2-4(7(3)10)11(12)13/h2H,1H3. The summed E-state index contributed by atoms with van der Waals surface area (Å²) in [6.07, 6.45) is 0. The third-order valence-electron chi connectivity index (χ3n) is 1.83. The van der Waals surface area contributed by atoms with Gasteiger partial charge in [0.2, 0.25) is 5.82 Å². The Kier molecular flexibility index (Phi) is 3.41. The first-order valence-corrected chi connectivity index (χ1v) is 6.42. The molecule has 0 radical (unpaired) electrons. The van der Waals surface area contributed by atoms with E-state index in [9.17, 15) is 22.9 Å². The number of halogens is 3. The highest BCUT2D eigenvalue weighted by molar-refractivity contribution is 8.13. The van der Waals surface area contributed by atoms with Gasteiger partial charge in [-0.25, -0.2) is 8.42 Å². The molecule has 0 aliphatic carbocycles. The summed E-state index contributed by atoms with van der Waals surface area (Å²) in [6, 6.07) is 0.493. The smallest absolute Gasteiger partial charge is 0.258 e. The number of nitrogens with zero attached hydrogens (tertiary/aromatic N) is 1. The van der Waals surface area contributed by atoms with Crippen molar-refractivity contribution in [1.82, 2.24) is 0 Å². The Morgan fingerprint density at radius 3 is 2.38 bits per heavy atom. The minimum Gasteiger partial charge on any atom is -0.258 e. The molecule has 16 heavy (non-hydrogen) atoms. The third kappa shape index (κ3) is 2.26. The second kappa shape index (κ2) is 4.15. The Labute approximate surface area is 99.4 Å². The predicted molar refractivity (Wildman–Crippen MR) is 55.8 cm³/mol. The van der Waals surface area contributed by atoms with Crippen molar-refractivity contribution in [2.45, 2.75) is 11.8 Å². The zero-order valence-corrected chi connectivity index (χ0v) is 10.0. The monoisotopic (exact) mass is 287 g/mol. The van der Waals surface area contributed by atoms with Crippen molar-refractivity contribution in [1.29, 1.82) is 0 Å². The number of rotatable bonds is 2. The van der Waals surface area contributed by atoms with E-state index in [-0.39, 0.29) is 5.56 Å². The molecule has 0 spiro atoms. The van der Waals surface area contributed by atoms with Crippen LogP contribution in [0.2, 0.25) is 5.02 Å². The van der Waals surface area contributed by atoms with E-state index < -0.39 is 35.4 Å². The maximum Gasteiger partial charge on any atom is 0.306 e. The third-order valence-corrected chi connectivity index (χ3v) is 3.77. The number of nitro groups is 1. The van der Waals surface area contributed by atoms with Crippen molar-refractivity contribution in [2.75, 3.05) is 0 Å². The van der Waals surface area contributed by atoms with E-state index >= 15 is 0 Å². The lowest BCUT2D eigenvalue weighted by atomic mass is 10.2. The highest BCUT2D eigenvalue weighted by Gasteiger charge is 2.26. The molecule has 1 aromatic rings. The summed E-state index contributed by atoms with van der Waals surface area (Å²) in [7, 11) is 0.748. The second-order valence-electron chi connectivity index (χ2n) is 2.84. The normalized spacial score (nSPS) is 11.5. The van der Waals surface area contributed by atoms with Gasteiger partial charge in [0, 0.05) is 22.3 Å². The molecule has 88 valence electrons. The number of benzene rings is 1. The predicted octanol–water partition coefficient (Wildman–Crippen LogP) is 2.62. The van der Waals surface area contributed by atoms with Crippen LogP contribution in [-0.2, 0) is 9.05 Å². The van der Waals surface area contributed by atoms with Gasteiger partial charge in [0.25, 0.3) is 9.05 Å². The molecular weight excluding hydrogens is 284 g/mol. The van der Waals surface area contributed by atoms with Crippen LogP contribution < -0.4 is 0 Å². The Hall–Kier alpha value is -0.920. The van der Waals surface area contributed by atoms with E-state index in [1.54, 1.807) is 0 Å². The zero-order valence-electron chi connectivity index (χ0n) is 7.70. The van der Waals surface area contributed by atoms with Gasteiger partial charge in [0.05, 0.1) is 9.95 Å². The molecule has 0 amide bonds. The molecule has 9 heteroatoms. The first kappa shape index (κ1) is 13.1. The summed E-state index contributed by atoms with van der Waals surface area (Å²) in [6.45, 7) is 1.12. The van der Waals surface area contributed by atoms with Crippen LogP contribution in [-0.4, -0.2) is 13.3 Å². The van der Waals surface area contributed by atoms with Gasteiger partial charge in [0.15, 0.2) is 0 Å². The Bertz CT molecular complexity index is 572. The van der Waals surface area contributed by atoms with Crippen LogP contribution in [0.5, 0.6) is 0 Å². The van der Waals surface area contributed by atoms with Gasteiger partial charge in [-0.15, -0.1) is 0 Å². The molecule has 0 aromatic heterocycles. The number of hydrogen-bond acceptors (Lipinski definition) is 4. The molecule has 0 fully saturated rings. The lowest BCUT2D eigenvalue weighted by Crippen LogP contribution is -2.01. The van der Waals surface area contributed by atoms with Crippen molar-refractivity contribution >= 4 is 37.0 Å². The van der Waals surface area contributed by atoms with Gasteiger partial charge >= 0.3 is 5.69 Å². The van der Waals surface area contributed by atoms with Crippen LogP contribution in [0.25, 0.3) is 0 Å². The van der Waals surface area contributed by atoms with Crippen LogP contribution in [0.15, 0.2) is 11.0 Å². The van der Waals surface area contributed by atoms with Crippen LogP contribution >= 0.6 is 22.3 Å². The van der Waals surface area contributed by atoms with Crippen molar-refractivity contribution < 1.29 is 17.7 Å². The molecule has 1 rings (SSSR count). The topological polar surface area (TPSA) is 77.3 Å². The molecule has 5 nitrogen and oxygen atoms in total. The zero-order chi connectivity index (χ0) is 12.7. The molecule has 0 bridgehead atoms. The fraction of sp³-hybridized carbons (Fsp3) is 0.143. The Balaban J connectivity index is 3.74. The van der Waals surface area contributed by atoms with Crippen molar-refractivity contribution in [3.8, 4) is 0 Å².